The number of aromatic amines is 1. The molecule has 1 amide bonds. The Morgan fingerprint density at radius 1 is 1.03 bits per heavy atom. The van der Waals surface area contributed by atoms with Gasteiger partial charge in [-0.15, -0.1) is 5.11 Å². The highest BCUT2D eigenvalue weighted by molar-refractivity contribution is 9.10. The van der Waals surface area contributed by atoms with Crippen molar-refractivity contribution < 1.29 is 9.90 Å². The molecule has 1 aromatic heterocycles. The number of halogens is 1. The van der Waals surface area contributed by atoms with E-state index in [1.807, 2.05) is 48.5 Å². The lowest BCUT2D eigenvalue weighted by atomic mass is 10.1. The summed E-state index contributed by atoms with van der Waals surface area (Å²) >= 11 is 3.42. The molecule has 3 aromatic carbocycles. The van der Waals surface area contributed by atoms with Gasteiger partial charge in [-0.1, -0.05) is 46.3 Å². The summed E-state index contributed by atoms with van der Waals surface area (Å²) < 4.78 is 0.882. The molecule has 0 saturated heterocycles. The van der Waals surface area contributed by atoms with Gasteiger partial charge in [-0.3, -0.25) is 4.79 Å². The lowest BCUT2D eigenvalue weighted by molar-refractivity contribution is 0.0785. The topological polar surface area (TPSA) is 81.1 Å². The largest absolute Gasteiger partial charge is 0.493 e. The molecule has 150 valence electrons. The van der Waals surface area contributed by atoms with Gasteiger partial charge in [0.1, 0.15) is 0 Å². The molecule has 0 aliphatic carbocycles. The van der Waals surface area contributed by atoms with E-state index in [2.05, 4.69) is 31.1 Å². The Kier molecular flexibility index (Phi) is 5.63. The Morgan fingerprint density at radius 2 is 1.77 bits per heavy atom. The van der Waals surface area contributed by atoms with Crippen molar-refractivity contribution in [3.63, 3.8) is 0 Å². The van der Waals surface area contributed by atoms with E-state index in [0.29, 0.717) is 23.5 Å². The number of carbonyl (C=O) groups excluding carboxylic acids is 1. The molecule has 4 rings (SSSR count). The fraction of sp³-hybridized carbons (Fsp3) is 0.0870. The monoisotopic (exact) mass is 462 g/mol. The maximum atomic E-state index is 12.7. The second kappa shape index (κ2) is 8.51. The third-order valence-corrected chi connectivity index (χ3v) is 5.20. The number of H-pyrrole nitrogens is 1. The molecule has 0 bridgehead atoms. The number of carbonyl (C=O) groups is 1. The average Bonchev–Trinajstić information content (AvgIpc) is 3.07. The number of fused-ring (bicyclic) bond motifs is 1. The third kappa shape index (κ3) is 4.26. The fourth-order valence-corrected chi connectivity index (χ4v) is 3.53. The minimum atomic E-state index is -0.0681. The van der Waals surface area contributed by atoms with Crippen LogP contribution in [0.2, 0.25) is 0 Å². The van der Waals surface area contributed by atoms with Gasteiger partial charge in [0.15, 0.2) is 5.69 Å². The number of nitrogens with one attached hydrogen (secondary N) is 1. The van der Waals surface area contributed by atoms with Crippen LogP contribution < -0.4 is 0 Å². The molecule has 0 aliphatic heterocycles. The van der Waals surface area contributed by atoms with Gasteiger partial charge >= 0.3 is 0 Å². The van der Waals surface area contributed by atoms with Gasteiger partial charge in [-0.2, -0.15) is 5.11 Å². The first-order valence-electron chi connectivity index (χ1n) is 9.32. The standard InChI is InChI=1S/C23H19BrN4O2/c1-28(14-15-5-3-2-4-6-15)23(30)16-7-10-18(11-8-16)26-27-21-19-13-17(24)9-12-20(19)25-22(21)29/h2-13,25,29H,14H2,1H3. The maximum absolute atomic E-state index is 12.7. The first-order chi connectivity index (χ1) is 14.5. The highest BCUT2D eigenvalue weighted by atomic mass is 79.9. The van der Waals surface area contributed by atoms with Crippen LogP contribution in [0.5, 0.6) is 5.88 Å². The highest BCUT2D eigenvalue weighted by Crippen LogP contribution is 2.37. The van der Waals surface area contributed by atoms with Crippen molar-refractivity contribution >= 4 is 44.1 Å². The van der Waals surface area contributed by atoms with Crippen LogP contribution in [0.25, 0.3) is 10.9 Å². The molecule has 0 spiro atoms. The van der Waals surface area contributed by atoms with Crippen LogP contribution >= 0.6 is 15.9 Å². The molecular weight excluding hydrogens is 444 g/mol. The summed E-state index contributed by atoms with van der Waals surface area (Å²) in [5.41, 5.74) is 3.37. The van der Waals surface area contributed by atoms with Crippen molar-refractivity contribution in [2.24, 2.45) is 10.2 Å². The van der Waals surface area contributed by atoms with Crippen molar-refractivity contribution in [2.45, 2.75) is 6.54 Å². The van der Waals surface area contributed by atoms with Crippen LogP contribution in [0, 0.1) is 0 Å². The van der Waals surface area contributed by atoms with E-state index in [0.717, 1.165) is 20.9 Å². The smallest absolute Gasteiger partial charge is 0.253 e. The number of azo groups is 1. The minimum Gasteiger partial charge on any atom is -0.493 e. The number of amides is 1. The molecule has 0 aliphatic rings. The normalized spacial score (nSPS) is 11.3. The predicted molar refractivity (Wildman–Crippen MR) is 121 cm³/mol. The van der Waals surface area contributed by atoms with Gasteiger partial charge in [0, 0.05) is 29.0 Å². The zero-order valence-electron chi connectivity index (χ0n) is 16.2. The van der Waals surface area contributed by atoms with E-state index in [4.69, 9.17) is 0 Å². The molecule has 0 saturated carbocycles. The van der Waals surface area contributed by atoms with E-state index in [1.54, 1.807) is 36.2 Å². The average molecular weight is 463 g/mol. The van der Waals surface area contributed by atoms with Gasteiger partial charge in [0.2, 0.25) is 5.88 Å². The predicted octanol–water partition coefficient (Wildman–Crippen LogP) is 6.32. The SMILES string of the molecule is CN(Cc1ccccc1)C(=O)c1ccc(N=Nc2c(O)[nH]c3ccc(Br)cc23)cc1. The summed E-state index contributed by atoms with van der Waals surface area (Å²) in [4.78, 5) is 17.2. The van der Waals surface area contributed by atoms with E-state index in [1.165, 1.54) is 0 Å². The number of hydrogen-bond acceptors (Lipinski definition) is 4. The fourth-order valence-electron chi connectivity index (χ4n) is 3.16. The molecule has 6 nitrogen and oxygen atoms in total. The summed E-state index contributed by atoms with van der Waals surface area (Å²) in [6.45, 7) is 0.538. The highest BCUT2D eigenvalue weighted by Gasteiger charge is 2.13. The molecule has 30 heavy (non-hydrogen) atoms. The number of aromatic hydroxyl groups is 1. The van der Waals surface area contributed by atoms with Crippen molar-refractivity contribution in [3.8, 4) is 5.88 Å². The minimum absolute atomic E-state index is 0.0406. The summed E-state index contributed by atoms with van der Waals surface area (Å²) in [5.74, 6) is -0.109. The zero-order chi connectivity index (χ0) is 21.1. The Balaban J connectivity index is 1.49. The van der Waals surface area contributed by atoms with Crippen molar-refractivity contribution in [2.75, 3.05) is 7.05 Å². The Morgan fingerprint density at radius 3 is 2.50 bits per heavy atom. The number of hydrogen-bond donors (Lipinski definition) is 2. The molecule has 0 unspecified atom stereocenters. The summed E-state index contributed by atoms with van der Waals surface area (Å²) in [6.07, 6.45) is 0. The number of rotatable bonds is 5. The van der Waals surface area contributed by atoms with Gasteiger partial charge in [-0.25, -0.2) is 0 Å². The molecule has 1 heterocycles. The second-order valence-corrected chi connectivity index (χ2v) is 7.82. The number of nitrogens with zero attached hydrogens (tertiary/aromatic N) is 3. The van der Waals surface area contributed by atoms with Gasteiger partial charge < -0.3 is 15.0 Å². The van der Waals surface area contributed by atoms with Crippen molar-refractivity contribution in [3.05, 3.63) is 88.4 Å². The first kappa shape index (κ1) is 19.8. The van der Waals surface area contributed by atoms with E-state index in [9.17, 15) is 9.90 Å². The summed E-state index contributed by atoms with van der Waals surface area (Å²) in [5, 5.41) is 19.3. The Hall–Kier alpha value is -3.45. The van der Waals surface area contributed by atoms with Gasteiger partial charge in [0.05, 0.1) is 11.2 Å². The lowest BCUT2D eigenvalue weighted by Gasteiger charge is -2.17. The lowest BCUT2D eigenvalue weighted by Crippen LogP contribution is -2.26. The molecule has 2 N–H and O–H groups in total. The van der Waals surface area contributed by atoms with Crippen LogP contribution in [0.15, 0.2) is 87.5 Å². The van der Waals surface area contributed by atoms with E-state index < -0.39 is 0 Å². The molecule has 7 heteroatoms. The van der Waals surface area contributed by atoms with Gasteiger partial charge in [0.25, 0.3) is 5.91 Å². The zero-order valence-corrected chi connectivity index (χ0v) is 17.8. The van der Waals surface area contributed by atoms with E-state index in [-0.39, 0.29) is 11.8 Å². The van der Waals surface area contributed by atoms with Crippen LogP contribution in [0.3, 0.4) is 0 Å². The third-order valence-electron chi connectivity index (χ3n) is 4.70. The molecular formula is C23H19BrN4O2. The van der Waals surface area contributed by atoms with Crippen LogP contribution in [-0.4, -0.2) is 27.9 Å². The first-order valence-corrected chi connectivity index (χ1v) is 10.1. The Bertz CT molecular complexity index is 1220. The van der Waals surface area contributed by atoms with Crippen LogP contribution in [0.4, 0.5) is 11.4 Å². The summed E-state index contributed by atoms with van der Waals surface area (Å²) in [6, 6.07) is 22.4. The maximum Gasteiger partial charge on any atom is 0.253 e. The van der Waals surface area contributed by atoms with Crippen LogP contribution in [-0.2, 0) is 6.54 Å². The molecule has 0 fully saturated rings. The molecule has 0 atom stereocenters. The molecule has 0 radical (unpaired) electrons. The summed E-state index contributed by atoms with van der Waals surface area (Å²) in [7, 11) is 1.78. The number of benzene rings is 3. The number of aromatic nitrogens is 1. The van der Waals surface area contributed by atoms with Crippen LogP contribution in [0.1, 0.15) is 15.9 Å². The Labute approximate surface area is 182 Å². The second-order valence-electron chi connectivity index (χ2n) is 6.91. The van der Waals surface area contributed by atoms with Crippen molar-refractivity contribution in [1.82, 2.24) is 9.88 Å². The van der Waals surface area contributed by atoms with Crippen molar-refractivity contribution in [1.29, 1.82) is 0 Å². The molecule has 4 aromatic rings. The van der Waals surface area contributed by atoms with E-state index >= 15 is 0 Å². The van der Waals surface area contributed by atoms with Gasteiger partial charge in [-0.05, 0) is 48.0 Å². The quantitative estimate of drug-likeness (QED) is 0.340.